The Bertz CT molecular complexity index is 1040. The van der Waals surface area contributed by atoms with E-state index in [9.17, 15) is 9.59 Å². The number of halogens is 1. The van der Waals surface area contributed by atoms with Crippen LogP contribution in [0.5, 0.6) is 5.88 Å². The van der Waals surface area contributed by atoms with Gasteiger partial charge in [-0.2, -0.15) is 0 Å². The first-order valence-corrected chi connectivity index (χ1v) is 8.89. The van der Waals surface area contributed by atoms with Gasteiger partial charge in [-0.25, -0.2) is 9.78 Å². The summed E-state index contributed by atoms with van der Waals surface area (Å²) < 4.78 is 11.1. The summed E-state index contributed by atoms with van der Waals surface area (Å²) in [7, 11) is 0. The van der Waals surface area contributed by atoms with Crippen LogP contribution >= 0.6 is 11.6 Å². The Morgan fingerprint density at radius 2 is 2.00 bits per heavy atom. The van der Waals surface area contributed by atoms with Gasteiger partial charge in [0, 0.05) is 24.7 Å². The summed E-state index contributed by atoms with van der Waals surface area (Å²) in [6, 6.07) is 6.60. The van der Waals surface area contributed by atoms with Crippen molar-refractivity contribution in [1.82, 2.24) is 15.0 Å². The number of benzene rings is 1. The van der Waals surface area contributed by atoms with Crippen molar-refractivity contribution in [2.24, 2.45) is 0 Å². The number of carbonyl (C=O) groups excluding carboxylic acids is 1. The van der Waals surface area contributed by atoms with Crippen molar-refractivity contribution in [2.45, 2.75) is 18.9 Å². The minimum Gasteiger partial charge on any atom is -0.473 e. The largest absolute Gasteiger partial charge is 0.473 e. The molecule has 140 valence electrons. The molecule has 8 nitrogen and oxygen atoms in total. The van der Waals surface area contributed by atoms with Gasteiger partial charge in [-0.1, -0.05) is 11.6 Å². The molecular weight excluding hydrogens is 372 g/mol. The van der Waals surface area contributed by atoms with E-state index in [2.05, 4.69) is 20.3 Å². The second-order valence-corrected chi connectivity index (χ2v) is 6.64. The molecule has 4 rings (SSSR count). The molecule has 1 aliphatic rings. The lowest BCUT2D eigenvalue weighted by molar-refractivity contribution is 0.0238. The molecule has 0 saturated carbocycles. The highest BCUT2D eigenvalue weighted by atomic mass is 35.5. The Labute approximate surface area is 158 Å². The van der Waals surface area contributed by atoms with Crippen molar-refractivity contribution >= 4 is 34.2 Å². The molecule has 0 bridgehead atoms. The van der Waals surface area contributed by atoms with Crippen LogP contribution in [-0.2, 0) is 4.74 Å². The predicted molar refractivity (Wildman–Crippen MR) is 101 cm³/mol. The Morgan fingerprint density at radius 3 is 2.78 bits per heavy atom. The van der Waals surface area contributed by atoms with Gasteiger partial charge in [0.15, 0.2) is 0 Å². The second kappa shape index (κ2) is 7.42. The van der Waals surface area contributed by atoms with Gasteiger partial charge in [0.2, 0.25) is 5.88 Å². The maximum atomic E-state index is 12.5. The van der Waals surface area contributed by atoms with E-state index >= 15 is 0 Å². The van der Waals surface area contributed by atoms with Gasteiger partial charge in [-0.05, 0) is 24.3 Å². The fourth-order valence-corrected chi connectivity index (χ4v) is 3.11. The highest BCUT2D eigenvalue weighted by Gasteiger charge is 2.18. The van der Waals surface area contributed by atoms with Crippen LogP contribution in [0.3, 0.4) is 0 Å². The highest BCUT2D eigenvalue weighted by molar-refractivity contribution is 6.32. The van der Waals surface area contributed by atoms with E-state index in [1.54, 1.807) is 18.2 Å². The van der Waals surface area contributed by atoms with Crippen molar-refractivity contribution < 1.29 is 14.3 Å². The molecule has 0 unspecified atom stereocenters. The Balaban J connectivity index is 1.47. The van der Waals surface area contributed by atoms with Crippen LogP contribution in [0, 0.1) is 0 Å². The lowest BCUT2D eigenvalue weighted by Gasteiger charge is -2.23. The smallest absolute Gasteiger partial charge is 0.323 e. The number of imidazole rings is 1. The zero-order chi connectivity index (χ0) is 18.8. The van der Waals surface area contributed by atoms with E-state index in [0.29, 0.717) is 41.4 Å². The van der Waals surface area contributed by atoms with Crippen LogP contribution in [0.2, 0.25) is 5.02 Å². The number of nitrogens with one attached hydrogen (secondary N) is 3. The van der Waals surface area contributed by atoms with Gasteiger partial charge >= 0.3 is 5.69 Å². The molecule has 0 spiro atoms. The van der Waals surface area contributed by atoms with Crippen LogP contribution < -0.4 is 15.7 Å². The van der Waals surface area contributed by atoms with Gasteiger partial charge in [0.05, 0.1) is 29.8 Å². The van der Waals surface area contributed by atoms with E-state index in [0.717, 1.165) is 12.8 Å². The summed E-state index contributed by atoms with van der Waals surface area (Å²) in [6.45, 7) is 1.30. The molecule has 0 aliphatic carbocycles. The summed E-state index contributed by atoms with van der Waals surface area (Å²) >= 11 is 6.23. The molecule has 2 aromatic heterocycles. The second-order valence-electron chi connectivity index (χ2n) is 6.23. The minimum atomic E-state index is -0.362. The molecule has 1 amide bonds. The fourth-order valence-electron chi connectivity index (χ4n) is 2.90. The molecular formula is C18H17ClN4O4. The van der Waals surface area contributed by atoms with Gasteiger partial charge in [0.25, 0.3) is 5.91 Å². The standard InChI is InChI=1S/C18H17ClN4O4/c19-13-7-10(9-20-17(13)27-12-3-5-26-6-4-12)16(24)21-11-1-2-14-15(8-11)23-18(25)22-14/h1-2,7-9,12H,3-6H2,(H,21,24)(H2,22,23,25). The predicted octanol–water partition coefficient (Wildman–Crippen LogP) is 2.71. The summed E-state index contributed by atoms with van der Waals surface area (Å²) in [5.41, 5.74) is 1.82. The zero-order valence-corrected chi connectivity index (χ0v) is 15.0. The van der Waals surface area contributed by atoms with Gasteiger partial charge < -0.3 is 24.8 Å². The van der Waals surface area contributed by atoms with Crippen LogP contribution in [0.25, 0.3) is 11.0 Å². The fraction of sp³-hybridized carbons (Fsp3) is 0.278. The summed E-state index contributed by atoms with van der Waals surface area (Å²) in [4.78, 5) is 33.2. The van der Waals surface area contributed by atoms with E-state index in [4.69, 9.17) is 21.1 Å². The van der Waals surface area contributed by atoms with Crippen molar-refractivity contribution in [1.29, 1.82) is 0 Å². The lowest BCUT2D eigenvalue weighted by atomic mass is 10.1. The first kappa shape index (κ1) is 17.6. The average Bonchev–Trinajstić information content (AvgIpc) is 3.03. The number of ether oxygens (including phenoxy) is 2. The lowest BCUT2D eigenvalue weighted by Crippen LogP contribution is -2.26. The van der Waals surface area contributed by atoms with Crippen LogP contribution in [0.15, 0.2) is 35.3 Å². The number of hydrogen-bond donors (Lipinski definition) is 3. The topological polar surface area (TPSA) is 109 Å². The average molecular weight is 389 g/mol. The number of aromatic nitrogens is 3. The van der Waals surface area contributed by atoms with Crippen molar-refractivity contribution in [3.63, 3.8) is 0 Å². The molecule has 0 atom stereocenters. The molecule has 1 fully saturated rings. The number of anilines is 1. The number of hydrogen-bond acceptors (Lipinski definition) is 5. The van der Waals surface area contributed by atoms with Gasteiger partial charge in [0.1, 0.15) is 11.1 Å². The molecule has 1 aliphatic heterocycles. The number of nitrogens with zero attached hydrogens (tertiary/aromatic N) is 1. The number of fused-ring (bicyclic) bond motifs is 1. The van der Waals surface area contributed by atoms with E-state index in [-0.39, 0.29) is 22.7 Å². The maximum Gasteiger partial charge on any atom is 0.323 e. The van der Waals surface area contributed by atoms with Crippen molar-refractivity contribution in [3.05, 3.63) is 51.5 Å². The Kier molecular flexibility index (Phi) is 4.83. The summed E-state index contributed by atoms with van der Waals surface area (Å²) in [5.74, 6) is -0.0503. The third kappa shape index (κ3) is 3.96. The molecule has 9 heteroatoms. The normalized spacial score (nSPS) is 15.0. The molecule has 27 heavy (non-hydrogen) atoms. The quantitative estimate of drug-likeness (QED) is 0.636. The zero-order valence-electron chi connectivity index (χ0n) is 14.3. The monoisotopic (exact) mass is 388 g/mol. The van der Waals surface area contributed by atoms with Gasteiger partial charge in [-0.15, -0.1) is 0 Å². The van der Waals surface area contributed by atoms with E-state index < -0.39 is 0 Å². The Hall–Kier alpha value is -2.84. The Morgan fingerprint density at radius 1 is 1.22 bits per heavy atom. The molecule has 3 N–H and O–H groups in total. The van der Waals surface area contributed by atoms with Crippen molar-refractivity contribution in [3.8, 4) is 5.88 Å². The highest BCUT2D eigenvalue weighted by Crippen LogP contribution is 2.26. The number of rotatable bonds is 4. The van der Waals surface area contributed by atoms with Gasteiger partial charge in [-0.3, -0.25) is 4.79 Å². The molecule has 3 heterocycles. The number of aromatic amines is 2. The molecule has 3 aromatic rings. The van der Waals surface area contributed by atoms with Crippen LogP contribution in [-0.4, -0.2) is 40.2 Å². The van der Waals surface area contributed by atoms with Crippen molar-refractivity contribution in [2.75, 3.05) is 18.5 Å². The summed E-state index contributed by atoms with van der Waals surface area (Å²) in [6.07, 6.45) is 3.00. The van der Waals surface area contributed by atoms with E-state index in [1.807, 2.05) is 0 Å². The minimum absolute atomic E-state index is 0.0126. The number of pyridine rings is 1. The third-order valence-corrected chi connectivity index (χ3v) is 4.56. The van der Waals surface area contributed by atoms with E-state index in [1.165, 1.54) is 12.3 Å². The first-order valence-electron chi connectivity index (χ1n) is 8.52. The summed E-state index contributed by atoms with van der Waals surface area (Å²) in [5, 5.41) is 3.03. The molecule has 1 saturated heterocycles. The number of carbonyl (C=O) groups is 1. The van der Waals surface area contributed by atoms with Crippen LogP contribution in [0.1, 0.15) is 23.2 Å². The number of H-pyrrole nitrogens is 2. The molecule has 1 aromatic carbocycles. The maximum absolute atomic E-state index is 12.5. The third-order valence-electron chi connectivity index (χ3n) is 4.29. The number of amides is 1. The SMILES string of the molecule is O=C(Nc1ccc2[nH]c(=O)[nH]c2c1)c1cnc(OC2CCOCC2)c(Cl)c1. The first-order chi connectivity index (χ1) is 13.1. The van der Waals surface area contributed by atoms with Crippen LogP contribution in [0.4, 0.5) is 5.69 Å². The molecule has 0 radical (unpaired) electrons.